The summed E-state index contributed by atoms with van der Waals surface area (Å²) >= 11 is 5.70. The molecule has 0 radical (unpaired) electrons. The largest absolute Gasteiger partial charge is 0.489 e. The first-order valence-electron chi connectivity index (χ1n) is 3.44. The van der Waals surface area contributed by atoms with E-state index in [-0.39, 0.29) is 10.5 Å². The lowest BCUT2D eigenvalue weighted by Crippen LogP contribution is -2.31. The van der Waals surface area contributed by atoms with Crippen LogP contribution in [0.25, 0.3) is 0 Å². The average Bonchev–Trinajstić information content (AvgIpc) is 1.96. The van der Waals surface area contributed by atoms with Crippen LogP contribution in [0.1, 0.15) is 5.56 Å². The zero-order valence-electron chi connectivity index (χ0n) is 6.58. The molecule has 0 saturated heterocycles. The van der Waals surface area contributed by atoms with E-state index in [0.717, 1.165) is 5.56 Å². The van der Waals surface area contributed by atoms with Crippen LogP contribution in [0.5, 0.6) is 0 Å². The maximum atomic E-state index is 8.85. The lowest BCUT2D eigenvalue weighted by molar-refractivity contribution is 0.426. The molecule has 0 aromatic heterocycles. The highest BCUT2D eigenvalue weighted by Gasteiger charge is 2.15. The van der Waals surface area contributed by atoms with Gasteiger partial charge in [-0.25, -0.2) is 0 Å². The molecule has 3 nitrogen and oxygen atoms in total. The van der Waals surface area contributed by atoms with Gasteiger partial charge in [-0.1, -0.05) is 17.7 Å². The van der Waals surface area contributed by atoms with Gasteiger partial charge in [0, 0.05) is 16.2 Å². The van der Waals surface area contributed by atoms with Gasteiger partial charge in [-0.2, -0.15) is 0 Å². The molecule has 1 rings (SSSR count). The van der Waals surface area contributed by atoms with Crippen molar-refractivity contribution >= 4 is 29.9 Å². The third kappa shape index (κ3) is 1.72. The van der Waals surface area contributed by atoms with Crippen LogP contribution in [0.15, 0.2) is 12.1 Å². The minimum atomic E-state index is -1.54. The minimum Gasteiger partial charge on any atom is -0.423 e. The molecule has 1 aromatic rings. The number of hydrogen-bond donors (Lipinski definition) is 3. The Morgan fingerprint density at radius 2 is 2.00 bits per heavy atom. The molecule has 0 saturated carbocycles. The maximum absolute atomic E-state index is 8.85. The number of aryl methyl sites for hydroxylation is 1. The first kappa shape index (κ1) is 9.38. The van der Waals surface area contributed by atoms with Crippen molar-refractivity contribution in [3.63, 3.8) is 0 Å². The topological polar surface area (TPSA) is 66.5 Å². The molecule has 1 aromatic carbocycles. The molecule has 4 N–H and O–H groups in total. The van der Waals surface area contributed by atoms with Crippen molar-refractivity contribution in [2.24, 2.45) is 0 Å². The van der Waals surface area contributed by atoms with Crippen LogP contribution in [0, 0.1) is 6.92 Å². The molecule has 0 fully saturated rings. The SMILES string of the molecule is Cc1cc(B(O)O)c(Cl)cc1N. The highest BCUT2D eigenvalue weighted by atomic mass is 35.5. The van der Waals surface area contributed by atoms with E-state index < -0.39 is 7.12 Å². The van der Waals surface area contributed by atoms with Gasteiger partial charge in [0.15, 0.2) is 0 Å². The Labute approximate surface area is 75.9 Å². The molecule has 0 bridgehead atoms. The fraction of sp³-hybridized carbons (Fsp3) is 0.143. The van der Waals surface area contributed by atoms with Crippen molar-refractivity contribution in [2.75, 3.05) is 5.73 Å². The van der Waals surface area contributed by atoms with Crippen molar-refractivity contribution in [2.45, 2.75) is 6.92 Å². The summed E-state index contributed by atoms with van der Waals surface area (Å²) in [5.41, 5.74) is 7.15. The van der Waals surface area contributed by atoms with E-state index in [1.165, 1.54) is 6.07 Å². The van der Waals surface area contributed by atoms with E-state index in [2.05, 4.69) is 0 Å². The molecule has 0 heterocycles. The fourth-order valence-corrected chi connectivity index (χ4v) is 1.19. The average molecular weight is 185 g/mol. The quantitative estimate of drug-likeness (QED) is 0.423. The minimum absolute atomic E-state index is 0.271. The highest BCUT2D eigenvalue weighted by Crippen LogP contribution is 2.15. The van der Waals surface area contributed by atoms with Crippen molar-refractivity contribution in [1.29, 1.82) is 0 Å². The Morgan fingerprint density at radius 1 is 1.42 bits per heavy atom. The smallest absolute Gasteiger partial charge is 0.423 e. The lowest BCUT2D eigenvalue weighted by Gasteiger charge is -2.06. The Morgan fingerprint density at radius 3 is 2.50 bits per heavy atom. The maximum Gasteiger partial charge on any atom is 0.489 e. The van der Waals surface area contributed by atoms with E-state index in [0.29, 0.717) is 5.69 Å². The van der Waals surface area contributed by atoms with Crippen LogP contribution in [0.3, 0.4) is 0 Å². The number of nitrogen functional groups attached to an aromatic ring is 1. The molecule has 0 amide bonds. The summed E-state index contributed by atoms with van der Waals surface area (Å²) < 4.78 is 0. The zero-order chi connectivity index (χ0) is 9.30. The number of hydrogen-bond acceptors (Lipinski definition) is 3. The summed E-state index contributed by atoms with van der Waals surface area (Å²) in [6, 6.07) is 3.06. The zero-order valence-corrected chi connectivity index (χ0v) is 7.34. The molecule has 0 aliphatic rings. The Bertz CT molecular complexity index is 304. The molecular formula is C7H9BClNO2. The number of anilines is 1. The van der Waals surface area contributed by atoms with Crippen molar-refractivity contribution in [3.8, 4) is 0 Å². The second-order valence-corrected chi connectivity index (χ2v) is 3.01. The van der Waals surface area contributed by atoms with E-state index >= 15 is 0 Å². The van der Waals surface area contributed by atoms with Crippen LogP contribution in [-0.4, -0.2) is 17.2 Å². The van der Waals surface area contributed by atoms with Gasteiger partial charge in [-0.15, -0.1) is 0 Å². The second kappa shape index (κ2) is 3.35. The first-order valence-corrected chi connectivity index (χ1v) is 3.82. The van der Waals surface area contributed by atoms with E-state index in [1.54, 1.807) is 13.0 Å². The molecule has 0 atom stereocenters. The number of nitrogens with two attached hydrogens (primary N) is 1. The van der Waals surface area contributed by atoms with Gasteiger partial charge in [-0.3, -0.25) is 0 Å². The van der Waals surface area contributed by atoms with Gasteiger partial charge in [0.25, 0.3) is 0 Å². The predicted octanol–water partition coefficient (Wildman–Crippen LogP) is -0.0896. The summed E-state index contributed by atoms with van der Waals surface area (Å²) in [5.74, 6) is 0. The van der Waals surface area contributed by atoms with E-state index in [9.17, 15) is 0 Å². The second-order valence-electron chi connectivity index (χ2n) is 2.60. The van der Waals surface area contributed by atoms with Gasteiger partial charge < -0.3 is 15.8 Å². The summed E-state index contributed by atoms with van der Waals surface area (Å²) in [4.78, 5) is 0. The third-order valence-corrected chi connectivity index (χ3v) is 1.99. The van der Waals surface area contributed by atoms with Gasteiger partial charge >= 0.3 is 7.12 Å². The Kier molecular flexibility index (Phi) is 2.62. The molecule has 0 aliphatic carbocycles. The van der Waals surface area contributed by atoms with Gasteiger partial charge in [0.1, 0.15) is 0 Å². The number of halogens is 1. The van der Waals surface area contributed by atoms with Gasteiger partial charge in [0.05, 0.1) is 0 Å². The molecular weight excluding hydrogens is 176 g/mol. The van der Waals surface area contributed by atoms with Crippen molar-refractivity contribution < 1.29 is 10.0 Å². The van der Waals surface area contributed by atoms with Crippen LogP contribution in [0.2, 0.25) is 5.02 Å². The molecule has 12 heavy (non-hydrogen) atoms. The fourth-order valence-electron chi connectivity index (χ4n) is 0.917. The monoisotopic (exact) mass is 185 g/mol. The van der Waals surface area contributed by atoms with E-state index in [4.69, 9.17) is 27.4 Å². The van der Waals surface area contributed by atoms with Crippen LogP contribution in [0.4, 0.5) is 5.69 Å². The summed E-state index contributed by atoms with van der Waals surface area (Å²) in [6.07, 6.45) is 0. The number of rotatable bonds is 1. The standard InChI is InChI=1S/C7H9BClNO2/c1-4-2-5(8(11)12)6(9)3-7(4)10/h2-3,11-12H,10H2,1H3. The molecule has 0 aliphatic heterocycles. The summed E-state index contributed by atoms with van der Waals surface area (Å²) in [7, 11) is -1.54. The Balaban J connectivity index is 3.23. The highest BCUT2D eigenvalue weighted by molar-refractivity contribution is 6.62. The lowest BCUT2D eigenvalue weighted by atomic mass is 9.79. The summed E-state index contributed by atoms with van der Waals surface area (Å²) in [6.45, 7) is 1.78. The Hall–Kier alpha value is -0.705. The molecule has 5 heteroatoms. The summed E-state index contributed by atoms with van der Waals surface area (Å²) in [5, 5.41) is 18.0. The van der Waals surface area contributed by atoms with Crippen molar-refractivity contribution in [1.82, 2.24) is 0 Å². The van der Waals surface area contributed by atoms with Crippen LogP contribution in [-0.2, 0) is 0 Å². The molecule has 64 valence electrons. The van der Waals surface area contributed by atoms with E-state index in [1.807, 2.05) is 0 Å². The molecule has 0 unspecified atom stereocenters. The third-order valence-electron chi connectivity index (χ3n) is 1.66. The molecule has 0 spiro atoms. The number of benzene rings is 1. The van der Waals surface area contributed by atoms with Gasteiger partial charge in [0.2, 0.25) is 0 Å². The predicted molar refractivity (Wildman–Crippen MR) is 50.4 cm³/mol. The van der Waals surface area contributed by atoms with Gasteiger partial charge in [-0.05, 0) is 18.6 Å². The normalized spacial score (nSPS) is 10.0. The first-order chi connectivity index (χ1) is 5.52. The van der Waals surface area contributed by atoms with Crippen molar-refractivity contribution in [3.05, 3.63) is 22.7 Å². The van der Waals surface area contributed by atoms with Crippen LogP contribution < -0.4 is 11.2 Å². The van der Waals surface area contributed by atoms with Crippen LogP contribution >= 0.6 is 11.6 Å².